The highest BCUT2D eigenvalue weighted by Gasteiger charge is 2.24. The fourth-order valence-electron chi connectivity index (χ4n) is 2.42. The number of aliphatic hydroxyl groups is 1. The first-order valence-electron chi connectivity index (χ1n) is 6.31. The zero-order chi connectivity index (χ0) is 12.3. The molecule has 1 saturated heterocycles. The number of anilines is 1. The first kappa shape index (κ1) is 12.4. The number of para-hydroxylation sites is 1. The zero-order valence-corrected chi connectivity index (χ0v) is 10.6. The maximum Gasteiger partial charge on any atom is 0.0807 e. The normalized spacial score (nSPS) is 21.8. The average Bonchev–Trinajstić information content (AvgIpc) is 2.86. The summed E-state index contributed by atoms with van der Waals surface area (Å²) in [7, 11) is 1.76. The van der Waals surface area contributed by atoms with Crippen molar-refractivity contribution < 1.29 is 9.84 Å². The minimum atomic E-state index is -0.368. The zero-order valence-electron chi connectivity index (χ0n) is 10.6. The summed E-state index contributed by atoms with van der Waals surface area (Å²) in [6, 6.07) is 8.12. The lowest BCUT2D eigenvalue weighted by Crippen LogP contribution is -2.23. The standard InChI is InChI=1S/C14H21NO2/c1-3-14(16)12-6-4-5-7-13(12)15-9-8-11(10-15)17-2/h4-7,11,14,16H,3,8-10H2,1-2H3/t11?,14-/m0/s1. The number of rotatable bonds is 4. The van der Waals surface area contributed by atoms with E-state index in [1.807, 2.05) is 25.1 Å². The van der Waals surface area contributed by atoms with Gasteiger partial charge in [0.1, 0.15) is 0 Å². The van der Waals surface area contributed by atoms with E-state index in [9.17, 15) is 5.11 Å². The van der Waals surface area contributed by atoms with E-state index in [0.29, 0.717) is 6.10 Å². The molecule has 0 radical (unpaired) electrons. The summed E-state index contributed by atoms with van der Waals surface area (Å²) in [5.74, 6) is 0. The molecule has 1 aromatic rings. The lowest BCUT2D eigenvalue weighted by molar-refractivity contribution is 0.121. The Bertz CT molecular complexity index is 367. The lowest BCUT2D eigenvalue weighted by atomic mass is 10.0. The number of ether oxygens (including phenoxy) is 1. The molecule has 0 aromatic heterocycles. The summed E-state index contributed by atoms with van der Waals surface area (Å²) in [6.45, 7) is 3.93. The molecule has 0 amide bonds. The number of aliphatic hydroxyl groups excluding tert-OH is 1. The van der Waals surface area contributed by atoms with Crippen molar-refractivity contribution in [1.29, 1.82) is 0 Å². The van der Waals surface area contributed by atoms with Crippen molar-refractivity contribution in [1.82, 2.24) is 0 Å². The molecule has 0 spiro atoms. The molecule has 0 saturated carbocycles. The third kappa shape index (κ3) is 2.61. The van der Waals surface area contributed by atoms with Gasteiger partial charge in [-0.05, 0) is 18.9 Å². The Hall–Kier alpha value is -1.06. The maximum atomic E-state index is 10.0. The second-order valence-corrected chi connectivity index (χ2v) is 4.58. The van der Waals surface area contributed by atoms with Gasteiger partial charge >= 0.3 is 0 Å². The van der Waals surface area contributed by atoms with Crippen molar-refractivity contribution in [3.8, 4) is 0 Å². The number of hydrogen-bond donors (Lipinski definition) is 1. The van der Waals surface area contributed by atoms with E-state index >= 15 is 0 Å². The highest BCUT2D eigenvalue weighted by atomic mass is 16.5. The summed E-state index contributed by atoms with van der Waals surface area (Å²) < 4.78 is 5.39. The molecule has 1 heterocycles. The van der Waals surface area contributed by atoms with Crippen LogP contribution in [-0.2, 0) is 4.74 Å². The van der Waals surface area contributed by atoms with Crippen LogP contribution in [0, 0.1) is 0 Å². The molecule has 3 nitrogen and oxygen atoms in total. The molecule has 3 heteroatoms. The van der Waals surface area contributed by atoms with Gasteiger partial charge in [0.25, 0.3) is 0 Å². The van der Waals surface area contributed by atoms with Crippen LogP contribution in [0.4, 0.5) is 5.69 Å². The Morgan fingerprint density at radius 1 is 1.47 bits per heavy atom. The van der Waals surface area contributed by atoms with E-state index < -0.39 is 0 Å². The highest BCUT2D eigenvalue weighted by Crippen LogP contribution is 2.30. The Morgan fingerprint density at radius 2 is 2.24 bits per heavy atom. The van der Waals surface area contributed by atoms with Crippen LogP contribution in [0.15, 0.2) is 24.3 Å². The molecule has 2 atom stereocenters. The predicted octanol–water partition coefficient (Wildman–Crippen LogP) is 2.36. The largest absolute Gasteiger partial charge is 0.388 e. The summed E-state index contributed by atoms with van der Waals surface area (Å²) in [5, 5.41) is 10.0. The minimum absolute atomic E-state index is 0.321. The van der Waals surface area contributed by atoms with E-state index in [1.54, 1.807) is 7.11 Å². The number of methoxy groups -OCH3 is 1. The average molecular weight is 235 g/mol. The maximum absolute atomic E-state index is 10.0. The van der Waals surface area contributed by atoms with Gasteiger partial charge in [-0.3, -0.25) is 0 Å². The first-order valence-corrected chi connectivity index (χ1v) is 6.31. The molecule has 1 unspecified atom stereocenters. The topological polar surface area (TPSA) is 32.7 Å². The molecule has 1 fully saturated rings. The molecule has 0 bridgehead atoms. The SMILES string of the molecule is CC[C@H](O)c1ccccc1N1CCC(OC)C1. The predicted molar refractivity (Wildman–Crippen MR) is 69.3 cm³/mol. The smallest absolute Gasteiger partial charge is 0.0807 e. The summed E-state index contributed by atoms with van der Waals surface area (Å²) in [6.07, 6.45) is 1.76. The Kier molecular flexibility index (Phi) is 4.02. The van der Waals surface area contributed by atoms with Gasteiger partial charge in [-0.15, -0.1) is 0 Å². The van der Waals surface area contributed by atoms with Crippen molar-refractivity contribution in [3.05, 3.63) is 29.8 Å². The number of hydrogen-bond acceptors (Lipinski definition) is 3. The second kappa shape index (κ2) is 5.52. The molecular weight excluding hydrogens is 214 g/mol. The molecular formula is C14H21NO2. The molecule has 1 aromatic carbocycles. The van der Waals surface area contributed by atoms with Crippen LogP contribution in [0.3, 0.4) is 0 Å². The van der Waals surface area contributed by atoms with Crippen LogP contribution in [0.5, 0.6) is 0 Å². The van der Waals surface area contributed by atoms with Crippen LogP contribution < -0.4 is 4.90 Å². The van der Waals surface area contributed by atoms with Crippen molar-refractivity contribution in [2.24, 2.45) is 0 Å². The van der Waals surface area contributed by atoms with Gasteiger partial charge in [0.05, 0.1) is 12.2 Å². The Balaban J connectivity index is 2.20. The highest BCUT2D eigenvalue weighted by molar-refractivity contribution is 5.55. The van der Waals surface area contributed by atoms with Crippen molar-refractivity contribution in [3.63, 3.8) is 0 Å². The van der Waals surface area contributed by atoms with Gasteiger partial charge in [0, 0.05) is 31.5 Å². The Morgan fingerprint density at radius 3 is 2.88 bits per heavy atom. The van der Waals surface area contributed by atoms with Gasteiger partial charge in [0.2, 0.25) is 0 Å². The van der Waals surface area contributed by atoms with Crippen molar-refractivity contribution >= 4 is 5.69 Å². The van der Waals surface area contributed by atoms with Crippen molar-refractivity contribution in [2.75, 3.05) is 25.1 Å². The monoisotopic (exact) mass is 235 g/mol. The van der Waals surface area contributed by atoms with Crippen LogP contribution in [0.1, 0.15) is 31.4 Å². The summed E-state index contributed by atoms with van der Waals surface area (Å²) in [5.41, 5.74) is 2.19. The van der Waals surface area contributed by atoms with Gasteiger partial charge in [-0.1, -0.05) is 25.1 Å². The molecule has 94 valence electrons. The Labute approximate surface area is 103 Å². The summed E-state index contributed by atoms with van der Waals surface area (Å²) in [4.78, 5) is 2.31. The molecule has 2 rings (SSSR count). The molecule has 0 aliphatic carbocycles. The van der Waals surface area contributed by atoms with E-state index in [4.69, 9.17) is 4.74 Å². The quantitative estimate of drug-likeness (QED) is 0.869. The van der Waals surface area contributed by atoms with E-state index in [-0.39, 0.29) is 6.10 Å². The fraction of sp³-hybridized carbons (Fsp3) is 0.571. The number of benzene rings is 1. The minimum Gasteiger partial charge on any atom is -0.388 e. The fourth-order valence-corrected chi connectivity index (χ4v) is 2.42. The molecule has 1 aliphatic rings. The molecule has 1 N–H and O–H groups in total. The molecule has 1 aliphatic heterocycles. The van der Waals surface area contributed by atoms with Crippen LogP contribution in [0.2, 0.25) is 0 Å². The lowest BCUT2D eigenvalue weighted by Gasteiger charge is -2.23. The van der Waals surface area contributed by atoms with Crippen LogP contribution in [-0.4, -0.2) is 31.4 Å². The van der Waals surface area contributed by atoms with E-state index in [1.165, 1.54) is 0 Å². The van der Waals surface area contributed by atoms with Crippen molar-refractivity contribution in [2.45, 2.75) is 32.0 Å². The number of nitrogens with zero attached hydrogens (tertiary/aromatic N) is 1. The third-order valence-electron chi connectivity index (χ3n) is 3.50. The summed E-state index contributed by atoms with van der Waals surface area (Å²) >= 11 is 0. The van der Waals surface area contributed by atoms with Gasteiger partial charge < -0.3 is 14.7 Å². The van der Waals surface area contributed by atoms with Gasteiger partial charge in [0.15, 0.2) is 0 Å². The van der Waals surface area contributed by atoms with E-state index in [0.717, 1.165) is 37.2 Å². The van der Waals surface area contributed by atoms with E-state index in [2.05, 4.69) is 11.0 Å². The first-order chi connectivity index (χ1) is 8.26. The second-order valence-electron chi connectivity index (χ2n) is 4.58. The van der Waals surface area contributed by atoms with Gasteiger partial charge in [-0.25, -0.2) is 0 Å². The third-order valence-corrected chi connectivity index (χ3v) is 3.50. The van der Waals surface area contributed by atoms with Crippen LogP contribution >= 0.6 is 0 Å². The molecule has 17 heavy (non-hydrogen) atoms. The van der Waals surface area contributed by atoms with Crippen LogP contribution in [0.25, 0.3) is 0 Å². The van der Waals surface area contributed by atoms with Gasteiger partial charge in [-0.2, -0.15) is 0 Å².